The van der Waals surface area contributed by atoms with Crippen molar-refractivity contribution < 1.29 is 19.0 Å². The predicted octanol–water partition coefficient (Wildman–Crippen LogP) is 4.13. The van der Waals surface area contributed by atoms with Gasteiger partial charge in [-0.2, -0.15) is 0 Å². The molecule has 5 nitrogen and oxygen atoms in total. The van der Waals surface area contributed by atoms with Crippen LogP contribution in [0.2, 0.25) is 10.0 Å². The summed E-state index contributed by atoms with van der Waals surface area (Å²) in [6.45, 7) is 1.83. The molecule has 3 rings (SSSR count). The molecule has 1 amide bonds. The van der Waals surface area contributed by atoms with Crippen LogP contribution in [0.15, 0.2) is 36.4 Å². The maximum atomic E-state index is 12.2. The molecule has 7 heteroatoms. The van der Waals surface area contributed by atoms with Crippen LogP contribution in [0.1, 0.15) is 6.92 Å². The zero-order chi connectivity index (χ0) is 16.4. The zero-order valence-electron chi connectivity index (χ0n) is 12.1. The van der Waals surface area contributed by atoms with E-state index in [-0.39, 0.29) is 12.7 Å². The van der Waals surface area contributed by atoms with Gasteiger partial charge >= 0.3 is 0 Å². The number of fused-ring (bicyclic) bond motifs is 1. The molecule has 0 fully saturated rings. The average molecular weight is 354 g/mol. The molecule has 0 unspecified atom stereocenters. The first-order valence-corrected chi connectivity index (χ1v) is 7.61. The van der Waals surface area contributed by atoms with Crippen LogP contribution in [0.5, 0.6) is 17.2 Å². The molecule has 120 valence electrons. The standard InChI is InChI=1S/C16H13Cl2NO4/c1-9(23-11-3-4-12(17)13(18)7-11)16(20)19-10-2-5-14-15(6-10)22-8-21-14/h2-7,9H,8H2,1H3,(H,19,20)/t9-/m0/s1. The fourth-order valence-corrected chi connectivity index (χ4v) is 2.31. The largest absolute Gasteiger partial charge is 0.481 e. The maximum Gasteiger partial charge on any atom is 0.265 e. The zero-order valence-corrected chi connectivity index (χ0v) is 13.6. The quantitative estimate of drug-likeness (QED) is 0.897. The van der Waals surface area contributed by atoms with Gasteiger partial charge in [0, 0.05) is 17.8 Å². The lowest BCUT2D eigenvalue weighted by Gasteiger charge is -2.15. The minimum Gasteiger partial charge on any atom is -0.481 e. The van der Waals surface area contributed by atoms with E-state index in [1.54, 1.807) is 43.3 Å². The van der Waals surface area contributed by atoms with Crippen molar-refractivity contribution >= 4 is 34.8 Å². The number of anilines is 1. The minimum atomic E-state index is -0.710. The van der Waals surface area contributed by atoms with Gasteiger partial charge in [0.15, 0.2) is 17.6 Å². The monoisotopic (exact) mass is 353 g/mol. The van der Waals surface area contributed by atoms with Gasteiger partial charge in [-0.15, -0.1) is 0 Å². The first-order chi connectivity index (χ1) is 11.0. The van der Waals surface area contributed by atoms with Crippen molar-refractivity contribution in [2.24, 2.45) is 0 Å². The van der Waals surface area contributed by atoms with Crippen molar-refractivity contribution in [3.63, 3.8) is 0 Å². The van der Waals surface area contributed by atoms with E-state index in [1.807, 2.05) is 0 Å². The van der Waals surface area contributed by atoms with E-state index in [1.165, 1.54) is 0 Å². The third-order valence-electron chi connectivity index (χ3n) is 3.21. The third kappa shape index (κ3) is 3.63. The van der Waals surface area contributed by atoms with Gasteiger partial charge in [-0.1, -0.05) is 23.2 Å². The Morgan fingerprint density at radius 3 is 2.70 bits per heavy atom. The lowest BCUT2D eigenvalue weighted by atomic mass is 10.2. The number of carbonyl (C=O) groups is 1. The Kier molecular flexibility index (Phi) is 4.50. The smallest absolute Gasteiger partial charge is 0.265 e. The number of ether oxygens (including phenoxy) is 3. The first-order valence-electron chi connectivity index (χ1n) is 6.85. The number of rotatable bonds is 4. The molecule has 2 aromatic rings. The maximum absolute atomic E-state index is 12.2. The summed E-state index contributed by atoms with van der Waals surface area (Å²) in [5.41, 5.74) is 0.601. The number of hydrogen-bond acceptors (Lipinski definition) is 4. The summed E-state index contributed by atoms with van der Waals surface area (Å²) in [6.07, 6.45) is -0.710. The number of amides is 1. The molecule has 1 heterocycles. The Morgan fingerprint density at radius 1 is 1.13 bits per heavy atom. The van der Waals surface area contributed by atoms with E-state index in [4.69, 9.17) is 37.4 Å². The van der Waals surface area contributed by atoms with E-state index < -0.39 is 6.10 Å². The molecule has 1 aliphatic heterocycles. The number of benzene rings is 2. The fourth-order valence-electron chi connectivity index (χ4n) is 2.03. The highest BCUT2D eigenvalue weighted by atomic mass is 35.5. The summed E-state index contributed by atoms with van der Waals surface area (Å²) in [5, 5.41) is 3.55. The Morgan fingerprint density at radius 2 is 1.91 bits per heavy atom. The average Bonchev–Trinajstić information content (AvgIpc) is 2.98. The third-order valence-corrected chi connectivity index (χ3v) is 3.95. The molecule has 2 aromatic carbocycles. The van der Waals surface area contributed by atoms with Crippen LogP contribution in [0.4, 0.5) is 5.69 Å². The van der Waals surface area contributed by atoms with Gasteiger partial charge < -0.3 is 19.5 Å². The van der Waals surface area contributed by atoms with Crippen LogP contribution >= 0.6 is 23.2 Å². The van der Waals surface area contributed by atoms with Crippen LogP contribution in [-0.2, 0) is 4.79 Å². The van der Waals surface area contributed by atoms with Crippen molar-refractivity contribution in [2.75, 3.05) is 12.1 Å². The summed E-state index contributed by atoms with van der Waals surface area (Å²) in [7, 11) is 0. The normalized spacial score (nSPS) is 13.5. The molecule has 1 N–H and O–H groups in total. The van der Waals surface area contributed by atoms with Crippen molar-refractivity contribution in [2.45, 2.75) is 13.0 Å². The highest BCUT2D eigenvalue weighted by Gasteiger charge is 2.18. The second-order valence-corrected chi connectivity index (χ2v) is 5.71. The molecule has 0 saturated heterocycles. The van der Waals surface area contributed by atoms with Crippen LogP contribution in [0.25, 0.3) is 0 Å². The van der Waals surface area contributed by atoms with E-state index in [0.29, 0.717) is 33.0 Å². The predicted molar refractivity (Wildman–Crippen MR) is 87.7 cm³/mol. The van der Waals surface area contributed by atoms with Gasteiger partial charge in [0.2, 0.25) is 6.79 Å². The Bertz CT molecular complexity index is 751. The fraction of sp³-hybridized carbons (Fsp3) is 0.188. The Hall–Kier alpha value is -2.11. The molecule has 1 aliphatic rings. The molecule has 1 atom stereocenters. The summed E-state index contributed by atoms with van der Waals surface area (Å²) < 4.78 is 16.1. The van der Waals surface area contributed by atoms with E-state index in [9.17, 15) is 4.79 Å². The van der Waals surface area contributed by atoms with Gasteiger partial charge in [-0.3, -0.25) is 4.79 Å². The Balaban J connectivity index is 1.64. The van der Waals surface area contributed by atoms with Crippen molar-refractivity contribution in [1.29, 1.82) is 0 Å². The first kappa shape index (κ1) is 15.8. The molecule has 0 saturated carbocycles. The van der Waals surface area contributed by atoms with E-state index in [0.717, 1.165) is 0 Å². The van der Waals surface area contributed by atoms with Crippen LogP contribution in [0.3, 0.4) is 0 Å². The lowest BCUT2D eigenvalue weighted by Crippen LogP contribution is -2.30. The van der Waals surface area contributed by atoms with Crippen molar-refractivity contribution in [3.05, 3.63) is 46.4 Å². The second-order valence-electron chi connectivity index (χ2n) is 4.89. The van der Waals surface area contributed by atoms with Gasteiger partial charge in [-0.05, 0) is 31.2 Å². The number of carbonyl (C=O) groups excluding carboxylic acids is 1. The lowest BCUT2D eigenvalue weighted by molar-refractivity contribution is -0.122. The number of halogens is 2. The van der Waals surface area contributed by atoms with Gasteiger partial charge in [0.1, 0.15) is 5.75 Å². The van der Waals surface area contributed by atoms with Crippen LogP contribution in [0, 0.1) is 0 Å². The molecule has 23 heavy (non-hydrogen) atoms. The molecule has 0 bridgehead atoms. The highest BCUT2D eigenvalue weighted by molar-refractivity contribution is 6.42. The van der Waals surface area contributed by atoms with E-state index >= 15 is 0 Å². The van der Waals surface area contributed by atoms with E-state index in [2.05, 4.69) is 5.32 Å². The molecule has 0 aromatic heterocycles. The summed E-state index contributed by atoms with van der Waals surface area (Å²) in [6, 6.07) is 10.0. The molecular weight excluding hydrogens is 341 g/mol. The molecular formula is C16H13Cl2NO4. The van der Waals surface area contributed by atoms with Gasteiger partial charge in [0.05, 0.1) is 10.0 Å². The number of nitrogens with one attached hydrogen (secondary N) is 1. The van der Waals surface area contributed by atoms with Crippen LogP contribution < -0.4 is 19.5 Å². The topological polar surface area (TPSA) is 56.8 Å². The number of hydrogen-bond donors (Lipinski definition) is 1. The summed E-state index contributed by atoms with van der Waals surface area (Å²) in [5.74, 6) is 1.42. The SMILES string of the molecule is C[C@H](Oc1ccc(Cl)c(Cl)c1)C(=O)Nc1ccc2c(c1)OCO2. The van der Waals surface area contributed by atoms with Crippen molar-refractivity contribution in [3.8, 4) is 17.2 Å². The van der Waals surface area contributed by atoms with Crippen molar-refractivity contribution in [1.82, 2.24) is 0 Å². The summed E-state index contributed by atoms with van der Waals surface area (Å²) >= 11 is 11.8. The summed E-state index contributed by atoms with van der Waals surface area (Å²) in [4.78, 5) is 12.2. The molecule has 0 aliphatic carbocycles. The Labute approximate surface area is 143 Å². The highest BCUT2D eigenvalue weighted by Crippen LogP contribution is 2.34. The molecule has 0 spiro atoms. The molecule has 0 radical (unpaired) electrons. The van der Waals surface area contributed by atoms with Crippen LogP contribution in [-0.4, -0.2) is 18.8 Å². The van der Waals surface area contributed by atoms with Gasteiger partial charge in [0.25, 0.3) is 5.91 Å². The minimum absolute atomic E-state index is 0.184. The second kappa shape index (κ2) is 6.56. The van der Waals surface area contributed by atoms with Gasteiger partial charge in [-0.25, -0.2) is 0 Å².